The molecular formula is C9H16N2S. The van der Waals surface area contributed by atoms with Crippen LogP contribution >= 0.6 is 11.8 Å². The maximum atomic E-state index is 8.93. The molecule has 1 fully saturated rings. The monoisotopic (exact) mass is 184 g/mol. The minimum absolute atomic E-state index is 0.282. The molecule has 0 saturated carbocycles. The molecule has 0 radical (unpaired) electrons. The molecule has 0 aromatic carbocycles. The van der Waals surface area contributed by atoms with Gasteiger partial charge in [0.25, 0.3) is 0 Å². The molecule has 0 spiro atoms. The topological polar surface area (TPSA) is 27.0 Å². The summed E-state index contributed by atoms with van der Waals surface area (Å²) in [5, 5.41) is 9.61. The van der Waals surface area contributed by atoms with E-state index in [1.165, 1.54) is 0 Å². The summed E-state index contributed by atoms with van der Waals surface area (Å²) in [4.78, 5) is 2.27. The van der Waals surface area contributed by atoms with Crippen molar-refractivity contribution in [2.24, 2.45) is 0 Å². The standard InChI is InChI=1S/C9H16N2S/c1-8-6-11(4-5-12-8)9(2,3)7-10/h8H,4-6H2,1-3H3. The third-order valence-electron chi connectivity index (χ3n) is 2.31. The van der Waals surface area contributed by atoms with Crippen LogP contribution in [-0.4, -0.2) is 34.5 Å². The minimum atomic E-state index is -0.282. The van der Waals surface area contributed by atoms with E-state index in [2.05, 4.69) is 17.9 Å². The highest BCUT2D eigenvalue weighted by molar-refractivity contribution is 7.99. The molecule has 1 heterocycles. The van der Waals surface area contributed by atoms with Gasteiger partial charge >= 0.3 is 0 Å². The van der Waals surface area contributed by atoms with Crippen LogP contribution in [0.25, 0.3) is 0 Å². The highest BCUT2D eigenvalue weighted by atomic mass is 32.2. The summed E-state index contributed by atoms with van der Waals surface area (Å²) in [5.41, 5.74) is -0.282. The van der Waals surface area contributed by atoms with Crippen molar-refractivity contribution >= 4 is 11.8 Å². The molecule has 1 atom stereocenters. The fraction of sp³-hybridized carbons (Fsp3) is 0.889. The summed E-state index contributed by atoms with van der Waals surface area (Å²) in [6, 6.07) is 2.35. The Balaban J connectivity index is 2.58. The lowest BCUT2D eigenvalue weighted by Gasteiger charge is -2.38. The summed E-state index contributed by atoms with van der Waals surface area (Å²) in [6.45, 7) is 8.32. The molecular weight excluding hydrogens is 168 g/mol. The molecule has 0 aliphatic carbocycles. The highest BCUT2D eigenvalue weighted by Crippen LogP contribution is 2.23. The molecule has 1 saturated heterocycles. The smallest absolute Gasteiger partial charge is 0.103 e. The van der Waals surface area contributed by atoms with Crippen molar-refractivity contribution in [3.8, 4) is 6.07 Å². The van der Waals surface area contributed by atoms with Gasteiger partial charge in [-0.2, -0.15) is 17.0 Å². The van der Waals surface area contributed by atoms with Crippen molar-refractivity contribution in [1.29, 1.82) is 5.26 Å². The van der Waals surface area contributed by atoms with Gasteiger partial charge in [-0.25, -0.2) is 0 Å². The van der Waals surface area contributed by atoms with Crippen LogP contribution in [0.15, 0.2) is 0 Å². The largest absolute Gasteiger partial charge is 0.284 e. The van der Waals surface area contributed by atoms with Gasteiger partial charge in [0.05, 0.1) is 6.07 Å². The molecule has 1 aliphatic heterocycles. The Morgan fingerprint density at radius 1 is 1.58 bits per heavy atom. The zero-order chi connectivity index (χ0) is 9.19. The Labute approximate surface area is 78.9 Å². The fourth-order valence-electron chi connectivity index (χ4n) is 1.40. The number of nitrogens with zero attached hydrogens (tertiary/aromatic N) is 2. The molecule has 0 aromatic rings. The zero-order valence-electron chi connectivity index (χ0n) is 8.00. The molecule has 2 nitrogen and oxygen atoms in total. The second-order valence-corrected chi connectivity index (χ2v) is 5.34. The molecule has 1 aliphatic rings. The summed E-state index contributed by atoms with van der Waals surface area (Å²) in [5.74, 6) is 1.16. The van der Waals surface area contributed by atoms with Crippen LogP contribution in [0.5, 0.6) is 0 Å². The average molecular weight is 184 g/mol. The lowest BCUT2D eigenvalue weighted by atomic mass is 10.1. The van der Waals surface area contributed by atoms with Crippen LogP contribution in [0.3, 0.4) is 0 Å². The summed E-state index contributed by atoms with van der Waals surface area (Å²) in [7, 11) is 0. The van der Waals surface area contributed by atoms with Crippen LogP contribution in [0.2, 0.25) is 0 Å². The normalized spacial score (nSPS) is 26.7. The van der Waals surface area contributed by atoms with Gasteiger partial charge in [0, 0.05) is 24.1 Å². The first-order valence-corrected chi connectivity index (χ1v) is 5.39. The van der Waals surface area contributed by atoms with Gasteiger partial charge in [-0.1, -0.05) is 6.92 Å². The Morgan fingerprint density at radius 3 is 2.75 bits per heavy atom. The summed E-state index contributed by atoms with van der Waals surface area (Å²) >= 11 is 2.00. The molecule has 3 heteroatoms. The van der Waals surface area contributed by atoms with Gasteiger partial charge in [-0.05, 0) is 13.8 Å². The van der Waals surface area contributed by atoms with E-state index >= 15 is 0 Å². The van der Waals surface area contributed by atoms with E-state index in [0.29, 0.717) is 5.25 Å². The van der Waals surface area contributed by atoms with E-state index in [9.17, 15) is 0 Å². The molecule has 68 valence electrons. The quantitative estimate of drug-likeness (QED) is 0.621. The second kappa shape index (κ2) is 3.68. The Kier molecular flexibility index (Phi) is 3.03. The van der Waals surface area contributed by atoms with Crippen LogP contribution in [0, 0.1) is 11.3 Å². The van der Waals surface area contributed by atoms with Crippen molar-refractivity contribution in [2.45, 2.75) is 31.6 Å². The SMILES string of the molecule is CC1CN(C(C)(C)C#N)CCS1. The van der Waals surface area contributed by atoms with Crippen molar-refractivity contribution in [1.82, 2.24) is 4.90 Å². The van der Waals surface area contributed by atoms with E-state index in [0.717, 1.165) is 18.8 Å². The predicted molar refractivity (Wildman–Crippen MR) is 53.2 cm³/mol. The molecule has 12 heavy (non-hydrogen) atoms. The number of thioether (sulfide) groups is 1. The fourth-order valence-corrected chi connectivity index (χ4v) is 2.41. The van der Waals surface area contributed by atoms with Crippen molar-refractivity contribution in [3.63, 3.8) is 0 Å². The molecule has 0 aromatic heterocycles. The maximum absolute atomic E-state index is 8.93. The highest BCUT2D eigenvalue weighted by Gasteiger charge is 2.29. The zero-order valence-corrected chi connectivity index (χ0v) is 8.82. The van der Waals surface area contributed by atoms with Crippen LogP contribution in [-0.2, 0) is 0 Å². The molecule has 0 bridgehead atoms. The Hall–Kier alpha value is -0.200. The summed E-state index contributed by atoms with van der Waals surface area (Å²) in [6.07, 6.45) is 0. The molecule has 1 unspecified atom stereocenters. The summed E-state index contributed by atoms with van der Waals surface area (Å²) < 4.78 is 0. The van der Waals surface area contributed by atoms with E-state index in [1.54, 1.807) is 0 Å². The van der Waals surface area contributed by atoms with Crippen molar-refractivity contribution in [3.05, 3.63) is 0 Å². The number of nitriles is 1. The number of hydrogen-bond acceptors (Lipinski definition) is 3. The number of hydrogen-bond donors (Lipinski definition) is 0. The van der Waals surface area contributed by atoms with Gasteiger partial charge < -0.3 is 0 Å². The van der Waals surface area contributed by atoms with Crippen molar-refractivity contribution < 1.29 is 0 Å². The first kappa shape index (κ1) is 9.88. The van der Waals surface area contributed by atoms with Gasteiger partial charge in [0.1, 0.15) is 5.54 Å². The van der Waals surface area contributed by atoms with E-state index in [-0.39, 0.29) is 5.54 Å². The first-order valence-electron chi connectivity index (χ1n) is 4.34. The van der Waals surface area contributed by atoms with Gasteiger partial charge in [0.2, 0.25) is 0 Å². The van der Waals surface area contributed by atoms with E-state index in [4.69, 9.17) is 5.26 Å². The van der Waals surface area contributed by atoms with E-state index < -0.39 is 0 Å². The van der Waals surface area contributed by atoms with E-state index in [1.807, 2.05) is 25.6 Å². The third kappa shape index (κ3) is 2.15. The van der Waals surface area contributed by atoms with Crippen LogP contribution in [0.4, 0.5) is 0 Å². The second-order valence-electron chi connectivity index (χ2n) is 3.80. The average Bonchev–Trinajstić information content (AvgIpc) is 2.05. The lowest BCUT2D eigenvalue weighted by Crippen LogP contribution is -2.49. The molecule has 1 rings (SSSR count). The lowest BCUT2D eigenvalue weighted by molar-refractivity contribution is 0.176. The Bertz CT molecular complexity index is 195. The number of rotatable bonds is 1. The van der Waals surface area contributed by atoms with Gasteiger partial charge in [0.15, 0.2) is 0 Å². The van der Waals surface area contributed by atoms with Gasteiger partial charge in [-0.3, -0.25) is 4.90 Å². The predicted octanol–water partition coefficient (Wildman–Crippen LogP) is 1.73. The Morgan fingerprint density at radius 2 is 2.25 bits per heavy atom. The van der Waals surface area contributed by atoms with Crippen molar-refractivity contribution in [2.75, 3.05) is 18.8 Å². The van der Waals surface area contributed by atoms with Crippen LogP contribution in [0.1, 0.15) is 20.8 Å². The van der Waals surface area contributed by atoms with Crippen LogP contribution < -0.4 is 0 Å². The maximum Gasteiger partial charge on any atom is 0.103 e. The third-order valence-corrected chi connectivity index (χ3v) is 3.44. The first-order chi connectivity index (χ1) is 5.56. The minimum Gasteiger partial charge on any atom is -0.284 e. The molecule has 0 amide bonds. The van der Waals surface area contributed by atoms with Gasteiger partial charge in [-0.15, -0.1) is 0 Å². The molecule has 0 N–H and O–H groups in total.